The van der Waals surface area contributed by atoms with E-state index in [1.165, 1.54) is 0 Å². The summed E-state index contributed by atoms with van der Waals surface area (Å²) in [7, 11) is 0. The van der Waals surface area contributed by atoms with E-state index in [-0.39, 0.29) is 6.61 Å². The first-order valence-electron chi connectivity index (χ1n) is 6.22. The predicted octanol–water partition coefficient (Wildman–Crippen LogP) is -1.87. The quantitative estimate of drug-likeness (QED) is 0.192. The lowest BCUT2D eigenvalue weighted by Gasteiger charge is -2.25. The van der Waals surface area contributed by atoms with Gasteiger partial charge in [0.15, 0.2) is 0 Å². The molecule has 0 amide bonds. The number of hydroxylamine groups is 1. The summed E-state index contributed by atoms with van der Waals surface area (Å²) in [6.07, 6.45) is -2.93. The van der Waals surface area contributed by atoms with Crippen LogP contribution in [0.25, 0.3) is 0 Å². The van der Waals surface area contributed by atoms with Gasteiger partial charge in [0, 0.05) is 6.54 Å². The minimum atomic E-state index is -1.62. The minimum absolute atomic E-state index is 0.220. The number of rotatable bonds is 11. The highest BCUT2D eigenvalue weighted by molar-refractivity contribution is 4.80. The van der Waals surface area contributed by atoms with Crippen molar-refractivity contribution in [3.8, 4) is 0 Å². The van der Waals surface area contributed by atoms with Crippen LogP contribution in [0, 0.1) is 0 Å². The minimum Gasteiger partial charge on any atom is -0.394 e. The van der Waals surface area contributed by atoms with Crippen LogP contribution in [0.5, 0.6) is 0 Å². The SMILES string of the molecule is CCCCCNOC[C@H](O)[C@@H](O)[C@H](O)[C@H](O)CO. The van der Waals surface area contributed by atoms with Gasteiger partial charge < -0.3 is 25.5 Å². The highest BCUT2D eigenvalue weighted by Crippen LogP contribution is 2.05. The molecule has 4 atom stereocenters. The van der Waals surface area contributed by atoms with E-state index >= 15 is 0 Å². The fourth-order valence-electron chi connectivity index (χ4n) is 1.33. The van der Waals surface area contributed by atoms with Gasteiger partial charge in [0.05, 0.1) is 13.2 Å². The van der Waals surface area contributed by atoms with E-state index < -0.39 is 31.0 Å². The first kappa shape index (κ1) is 17.7. The molecule has 6 N–H and O–H groups in total. The standard InChI is InChI=1S/C11H25NO6/c1-2-3-4-5-12-18-7-9(15)11(17)10(16)8(14)6-13/h8-17H,2-7H2,1H3/t8-,9+,10-,11-/m1/s1. The second-order valence-electron chi connectivity index (χ2n) is 4.21. The van der Waals surface area contributed by atoms with Gasteiger partial charge >= 0.3 is 0 Å². The lowest BCUT2D eigenvalue weighted by molar-refractivity contribution is -0.137. The van der Waals surface area contributed by atoms with Crippen LogP contribution in [-0.2, 0) is 4.84 Å². The smallest absolute Gasteiger partial charge is 0.111 e. The normalized spacial score (nSPS) is 18.3. The average Bonchev–Trinajstić information content (AvgIpc) is 2.39. The molecule has 0 bridgehead atoms. The molecular formula is C11H25NO6. The number of aliphatic hydroxyl groups excluding tert-OH is 5. The molecule has 0 fully saturated rings. The van der Waals surface area contributed by atoms with Crippen molar-refractivity contribution in [1.82, 2.24) is 5.48 Å². The lowest BCUT2D eigenvalue weighted by atomic mass is 10.0. The Kier molecular flexibility index (Phi) is 10.5. The number of hydrogen-bond acceptors (Lipinski definition) is 7. The molecule has 7 nitrogen and oxygen atoms in total. The second-order valence-corrected chi connectivity index (χ2v) is 4.21. The lowest BCUT2D eigenvalue weighted by Crippen LogP contribution is -2.47. The maximum absolute atomic E-state index is 9.47. The van der Waals surface area contributed by atoms with Crippen LogP contribution in [0.2, 0.25) is 0 Å². The fourth-order valence-corrected chi connectivity index (χ4v) is 1.33. The Morgan fingerprint density at radius 1 is 1.00 bits per heavy atom. The maximum atomic E-state index is 9.47. The Morgan fingerprint density at radius 2 is 1.61 bits per heavy atom. The Hall–Kier alpha value is -0.280. The zero-order chi connectivity index (χ0) is 14.0. The van der Waals surface area contributed by atoms with E-state index in [1.807, 2.05) is 0 Å². The molecule has 0 saturated heterocycles. The van der Waals surface area contributed by atoms with Crippen molar-refractivity contribution >= 4 is 0 Å². The van der Waals surface area contributed by atoms with Crippen LogP contribution in [-0.4, -0.2) is 69.7 Å². The summed E-state index contributed by atoms with van der Waals surface area (Å²) in [5, 5.41) is 45.9. The third kappa shape index (κ3) is 7.22. The van der Waals surface area contributed by atoms with Gasteiger partial charge in [0.1, 0.15) is 24.4 Å². The van der Waals surface area contributed by atoms with Gasteiger partial charge in [0.25, 0.3) is 0 Å². The Balaban J connectivity index is 3.70. The van der Waals surface area contributed by atoms with Crippen molar-refractivity contribution < 1.29 is 30.4 Å². The van der Waals surface area contributed by atoms with Crippen LogP contribution < -0.4 is 5.48 Å². The van der Waals surface area contributed by atoms with Crippen molar-refractivity contribution in [2.45, 2.75) is 50.6 Å². The zero-order valence-electron chi connectivity index (χ0n) is 10.7. The Morgan fingerprint density at radius 3 is 2.17 bits per heavy atom. The van der Waals surface area contributed by atoms with Crippen molar-refractivity contribution in [3.63, 3.8) is 0 Å². The monoisotopic (exact) mass is 267 g/mol. The highest BCUT2D eigenvalue weighted by atomic mass is 16.6. The van der Waals surface area contributed by atoms with Gasteiger partial charge in [-0.1, -0.05) is 19.8 Å². The molecule has 110 valence electrons. The van der Waals surface area contributed by atoms with Crippen LogP contribution in [0.15, 0.2) is 0 Å². The largest absolute Gasteiger partial charge is 0.394 e. The molecule has 18 heavy (non-hydrogen) atoms. The van der Waals surface area contributed by atoms with Crippen molar-refractivity contribution in [2.75, 3.05) is 19.8 Å². The van der Waals surface area contributed by atoms with Gasteiger partial charge in [0.2, 0.25) is 0 Å². The Labute approximate surface area is 107 Å². The summed E-state index contributed by atoms with van der Waals surface area (Å²) in [5.41, 5.74) is 2.62. The van der Waals surface area contributed by atoms with Crippen molar-refractivity contribution in [3.05, 3.63) is 0 Å². The van der Waals surface area contributed by atoms with Crippen LogP contribution >= 0.6 is 0 Å². The molecule has 0 aliphatic rings. The summed E-state index contributed by atoms with van der Waals surface area (Å²) in [6.45, 7) is 1.80. The molecule has 0 saturated carbocycles. The van der Waals surface area contributed by atoms with E-state index in [2.05, 4.69) is 12.4 Å². The zero-order valence-corrected chi connectivity index (χ0v) is 10.7. The molecule has 0 radical (unpaired) electrons. The summed E-state index contributed by atoms with van der Waals surface area (Å²) >= 11 is 0. The van der Waals surface area contributed by atoms with Crippen molar-refractivity contribution in [2.24, 2.45) is 0 Å². The fraction of sp³-hybridized carbons (Fsp3) is 1.00. The van der Waals surface area contributed by atoms with Crippen LogP contribution in [0.1, 0.15) is 26.2 Å². The summed E-state index contributed by atoms with van der Waals surface area (Å²) in [5.74, 6) is 0. The van der Waals surface area contributed by atoms with E-state index in [4.69, 9.17) is 15.1 Å². The van der Waals surface area contributed by atoms with Gasteiger partial charge in [-0.15, -0.1) is 0 Å². The molecule has 0 heterocycles. The number of aliphatic hydroxyl groups is 5. The number of nitrogens with one attached hydrogen (secondary N) is 1. The molecule has 0 aromatic rings. The third-order valence-corrected chi connectivity index (χ3v) is 2.56. The summed E-state index contributed by atoms with van der Waals surface area (Å²) in [6, 6.07) is 0. The average molecular weight is 267 g/mol. The number of unbranched alkanes of at least 4 members (excludes halogenated alkanes) is 2. The maximum Gasteiger partial charge on any atom is 0.111 e. The molecule has 0 aliphatic carbocycles. The van der Waals surface area contributed by atoms with Gasteiger partial charge in [-0.2, -0.15) is 0 Å². The Bertz CT molecular complexity index is 194. The molecule has 0 aliphatic heterocycles. The van der Waals surface area contributed by atoms with Gasteiger partial charge in [-0.25, -0.2) is 5.48 Å². The highest BCUT2D eigenvalue weighted by Gasteiger charge is 2.30. The second kappa shape index (κ2) is 10.6. The topological polar surface area (TPSA) is 122 Å². The summed E-state index contributed by atoms with van der Waals surface area (Å²) < 4.78 is 0. The molecular weight excluding hydrogens is 242 g/mol. The van der Waals surface area contributed by atoms with Gasteiger partial charge in [-0.05, 0) is 6.42 Å². The first-order chi connectivity index (χ1) is 8.54. The summed E-state index contributed by atoms with van der Waals surface area (Å²) in [4.78, 5) is 4.91. The van der Waals surface area contributed by atoms with E-state index in [9.17, 15) is 15.3 Å². The van der Waals surface area contributed by atoms with E-state index in [0.29, 0.717) is 6.54 Å². The van der Waals surface area contributed by atoms with E-state index in [0.717, 1.165) is 19.3 Å². The van der Waals surface area contributed by atoms with Crippen LogP contribution in [0.3, 0.4) is 0 Å². The molecule has 0 unspecified atom stereocenters. The number of hydrogen-bond donors (Lipinski definition) is 6. The molecule has 0 rings (SSSR count). The van der Waals surface area contributed by atoms with Gasteiger partial charge in [-0.3, -0.25) is 4.84 Å². The molecule has 7 heteroatoms. The molecule has 0 aromatic heterocycles. The van der Waals surface area contributed by atoms with Crippen LogP contribution in [0.4, 0.5) is 0 Å². The molecule has 0 aromatic carbocycles. The predicted molar refractivity (Wildman–Crippen MR) is 64.6 cm³/mol. The first-order valence-corrected chi connectivity index (χ1v) is 6.22. The van der Waals surface area contributed by atoms with E-state index in [1.54, 1.807) is 0 Å². The van der Waals surface area contributed by atoms with Crippen molar-refractivity contribution in [1.29, 1.82) is 0 Å². The third-order valence-electron chi connectivity index (χ3n) is 2.56. The molecule has 0 spiro atoms.